The van der Waals surface area contributed by atoms with Crippen LogP contribution in [0.3, 0.4) is 0 Å². The van der Waals surface area contributed by atoms with Crippen molar-refractivity contribution in [3.63, 3.8) is 0 Å². The Morgan fingerprint density at radius 2 is 1.45 bits per heavy atom. The standard InChI is InChI=1S/C53H74/c1-35(2)52(36(3)4)46-26-23-42(31-46)15-10-14-41-22-25-43(39(7)29-41)18-11-16-40-17-12-19-45(30-40)53-47-27-28-48(53)33-49(32-47)51-34-44(24-21-38(51)6)50-20-9-8-13-37(50)5/h8-9,12-13,17,19-21,24,30,34,36,39,41-43,46-49,52-53H,1,10-11,14-16,18,22-23,25-29,31-33H2,2-7H3. The lowest BCUT2D eigenvalue weighted by Crippen LogP contribution is -2.24. The lowest BCUT2D eigenvalue weighted by atomic mass is 9.68. The van der Waals surface area contributed by atoms with Gasteiger partial charge in [0, 0.05) is 0 Å². The van der Waals surface area contributed by atoms with Gasteiger partial charge >= 0.3 is 0 Å². The third-order valence-electron chi connectivity index (χ3n) is 15.7. The third kappa shape index (κ3) is 9.11. The average Bonchev–Trinajstić information content (AvgIpc) is 3.70. The van der Waals surface area contributed by atoms with Gasteiger partial charge in [-0.25, -0.2) is 0 Å². The first-order valence-corrected chi connectivity index (χ1v) is 22.5. The fraction of sp³-hybridized carbons (Fsp3) is 0.623. The minimum atomic E-state index is 0.706. The first-order valence-electron chi connectivity index (χ1n) is 22.5. The van der Waals surface area contributed by atoms with E-state index in [1.807, 2.05) is 0 Å². The Labute approximate surface area is 326 Å². The summed E-state index contributed by atoms with van der Waals surface area (Å²) in [6, 6.07) is 26.1. The summed E-state index contributed by atoms with van der Waals surface area (Å²) in [7, 11) is 0. The minimum Gasteiger partial charge on any atom is -0.0998 e. The molecule has 0 amide bonds. The van der Waals surface area contributed by atoms with E-state index in [1.165, 1.54) is 131 Å². The highest BCUT2D eigenvalue weighted by Gasteiger charge is 2.44. The Kier molecular flexibility index (Phi) is 12.7. The number of fused-ring (bicyclic) bond motifs is 2. The molecule has 4 aliphatic rings. The van der Waals surface area contributed by atoms with Crippen molar-refractivity contribution < 1.29 is 0 Å². The molecule has 0 spiro atoms. The van der Waals surface area contributed by atoms with Crippen molar-refractivity contribution >= 4 is 0 Å². The summed E-state index contributed by atoms with van der Waals surface area (Å²) in [5.74, 6) is 9.34. The van der Waals surface area contributed by atoms with Crippen LogP contribution in [0, 0.1) is 67.1 Å². The van der Waals surface area contributed by atoms with E-state index in [-0.39, 0.29) is 0 Å². The maximum Gasteiger partial charge on any atom is -0.0105 e. The van der Waals surface area contributed by atoms with Crippen molar-refractivity contribution in [3.8, 4) is 11.1 Å². The largest absolute Gasteiger partial charge is 0.0998 e. The van der Waals surface area contributed by atoms with Crippen LogP contribution in [-0.2, 0) is 6.42 Å². The van der Waals surface area contributed by atoms with E-state index in [1.54, 1.807) is 16.7 Å². The lowest BCUT2D eigenvalue weighted by Gasteiger charge is -2.37. The molecule has 4 saturated carbocycles. The third-order valence-corrected chi connectivity index (χ3v) is 15.7. The predicted molar refractivity (Wildman–Crippen MR) is 229 cm³/mol. The predicted octanol–water partition coefficient (Wildman–Crippen LogP) is 15.5. The Morgan fingerprint density at radius 3 is 2.17 bits per heavy atom. The highest BCUT2D eigenvalue weighted by atomic mass is 14.5. The van der Waals surface area contributed by atoms with Crippen LogP contribution in [0.1, 0.15) is 164 Å². The fourth-order valence-electron chi connectivity index (χ4n) is 13.2. The Hall–Kier alpha value is -2.60. The van der Waals surface area contributed by atoms with Crippen LogP contribution in [-0.4, -0.2) is 0 Å². The molecule has 0 radical (unpaired) electrons. The van der Waals surface area contributed by atoms with E-state index in [2.05, 4.69) is 115 Å². The SMILES string of the molecule is C=C(C)C(C(C)C)C1CCC(CCCC2CCC(CCCc3cccc(C4C5CCC4CC(c4cc(-c6ccccc6C)ccc4C)C5)c3)C(C)C2)C1. The van der Waals surface area contributed by atoms with Gasteiger partial charge in [-0.2, -0.15) is 0 Å². The van der Waals surface area contributed by atoms with Gasteiger partial charge in [0.1, 0.15) is 0 Å². The van der Waals surface area contributed by atoms with Gasteiger partial charge in [0.15, 0.2) is 0 Å². The maximum absolute atomic E-state index is 4.37. The lowest BCUT2D eigenvalue weighted by molar-refractivity contribution is 0.171. The van der Waals surface area contributed by atoms with E-state index in [4.69, 9.17) is 0 Å². The van der Waals surface area contributed by atoms with Crippen LogP contribution < -0.4 is 0 Å². The molecule has 0 saturated heterocycles. The van der Waals surface area contributed by atoms with Crippen LogP contribution >= 0.6 is 0 Å². The molecule has 0 heterocycles. The fourth-order valence-corrected chi connectivity index (χ4v) is 13.2. The van der Waals surface area contributed by atoms with Crippen LogP contribution in [0.25, 0.3) is 11.1 Å². The highest BCUT2D eigenvalue weighted by Crippen LogP contribution is 2.57. The molecular formula is C53H74. The Balaban J connectivity index is 0.859. The van der Waals surface area contributed by atoms with Gasteiger partial charge in [0.2, 0.25) is 0 Å². The number of rotatable bonds is 14. The molecular weight excluding hydrogens is 637 g/mol. The van der Waals surface area contributed by atoms with Gasteiger partial charge in [-0.15, -0.1) is 0 Å². The first-order chi connectivity index (χ1) is 25.6. The summed E-state index contributed by atoms with van der Waals surface area (Å²) in [6.07, 6.45) is 22.9. The molecule has 0 aliphatic heterocycles. The summed E-state index contributed by atoms with van der Waals surface area (Å²) >= 11 is 0. The van der Waals surface area contributed by atoms with Crippen LogP contribution in [0.15, 0.2) is 78.9 Å². The molecule has 4 aliphatic carbocycles. The maximum atomic E-state index is 4.37. The van der Waals surface area contributed by atoms with Crippen molar-refractivity contribution in [3.05, 3.63) is 107 Å². The number of aryl methyl sites for hydroxylation is 3. The molecule has 2 bridgehead atoms. The first kappa shape index (κ1) is 38.7. The minimum absolute atomic E-state index is 0.706. The summed E-state index contributed by atoms with van der Waals surface area (Å²) < 4.78 is 0. The molecule has 8 unspecified atom stereocenters. The molecule has 3 aromatic carbocycles. The van der Waals surface area contributed by atoms with E-state index in [9.17, 15) is 0 Å². The van der Waals surface area contributed by atoms with Crippen LogP contribution in [0.2, 0.25) is 0 Å². The van der Waals surface area contributed by atoms with Gasteiger partial charge in [-0.05, 0) is 195 Å². The van der Waals surface area contributed by atoms with Gasteiger partial charge < -0.3 is 0 Å². The molecule has 8 atom stereocenters. The summed E-state index contributed by atoms with van der Waals surface area (Å²) in [5, 5.41) is 0. The zero-order valence-electron chi connectivity index (χ0n) is 34.7. The Bertz CT molecular complexity index is 1640. The second-order valence-electron chi connectivity index (χ2n) is 19.7. The van der Waals surface area contributed by atoms with E-state index < -0.39 is 0 Å². The number of hydrogen-bond acceptors (Lipinski definition) is 0. The molecule has 0 aromatic heterocycles. The van der Waals surface area contributed by atoms with Gasteiger partial charge in [0.25, 0.3) is 0 Å². The molecule has 7 rings (SSSR count). The van der Waals surface area contributed by atoms with Crippen molar-refractivity contribution in [2.45, 2.75) is 156 Å². The van der Waals surface area contributed by atoms with Crippen LogP contribution in [0.4, 0.5) is 0 Å². The molecule has 3 aromatic rings. The Morgan fingerprint density at radius 1 is 0.717 bits per heavy atom. The molecule has 286 valence electrons. The van der Waals surface area contributed by atoms with E-state index in [0.717, 1.165) is 59.2 Å². The number of benzene rings is 3. The van der Waals surface area contributed by atoms with Gasteiger partial charge in [0.05, 0.1) is 0 Å². The van der Waals surface area contributed by atoms with Gasteiger partial charge in [-0.1, -0.05) is 132 Å². The zero-order chi connectivity index (χ0) is 37.1. The normalized spacial score (nSPS) is 30.5. The second-order valence-corrected chi connectivity index (χ2v) is 19.7. The zero-order valence-corrected chi connectivity index (χ0v) is 34.7. The van der Waals surface area contributed by atoms with Crippen molar-refractivity contribution in [2.24, 2.45) is 53.3 Å². The number of hydrogen-bond donors (Lipinski definition) is 0. The van der Waals surface area contributed by atoms with Gasteiger partial charge in [-0.3, -0.25) is 0 Å². The summed E-state index contributed by atoms with van der Waals surface area (Å²) in [4.78, 5) is 0. The smallest absolute Gasteiger partial charge is 0.0105 e. The topological polar surface area (TPSA) is 0 Å². The number of allylic oxidation sites excluding steroid dienone is 1. The molecule has 0 nitrogen and oxygen atoms in total. The van der Waals surface area contributed by atoms with Crippen molar-refractivity contribution in [2.75, 3.05) is 0 Å². The highest BCUT2D eigenvalue weighted by molar-refractivity contribution is 5.68. The molecule has 53 heavy (non-hydrogen) atoms. The second kappa shape index (κ2) is 17.5. The van der Waals surface area contributed by atoms with Crippen LogP contribution in [0.5, 0.6) is 0 Å². The molecule has 0 heteroatoms. The summed E-state index contributed by atoms with van der Waals surface area (Å²) in [6.45, 7) is 18.6. The molecule has 4 fully saturated rings. The van der Waals surface area contributed by atoms with Crippen molar-refractivity contribution in [1.82, 2.24) is 0 Å². The molecule has 0 N–H and O–H groups in total. The summed E-state index contributed by atoms with van der Waals surface area (Å²) in [5.41, 5.74) is 12.0. The van der Waals surface area contributed by atoms with Crippen molar-refractivity contribution in [1.29, 1.82) is 0 Å². The van der Waals surface area contributed by atoms with E-state index >= 15 is 0 Å². The monoisotopic (exact) mass is 711 g/mol. The van der Waals surface area contributed by atoms with E-state index in [0.29, 0.717) is 5.92 Å². The average molecular weight is 711 g/mol. The quantitative estimate of drug-likeness (QED) is 0.146.